The van der Waals surface area contributed by atoms with E-state index in [0.717, 1.165) is 0 Å². The Hall–Kier alpha value is -2.59. The van der Waals surface area contributed by atoms with Gasteiger partial charge in [0.2, 0.25) is 0 Å². The summed E-state index contributed by atoms with van der Waals surface area (Å²) in [5.41, 5.74) is -0.871. The molecule has 23 heavy (non-hydrogen) atoms. The molecule has 2 aromatic carbocycles. The molecule has 0 aliphatic rings. The van der Waals surface area contributed by atoms with Crippen molar-refractivity contribution in [1.29, 1.82) is 0 Å². The minimum Gasteiger partial charge on any atom is -0.497 e. The molecular formula is C19H20O4. The SMILES string of the molecule is C=CCC(O)(C(=O)c1cccc(OC)c1)c1cccc(OC)c1. The fourth-order valence-corrected chi connectivity index (χ4v) is 2.43. The average molecular weight is 312 g/mol. The molecule has 0 aromatic heterocycles. The van der Waals surface area contributed by atoms with Gasteiger partial charge in [0.25, 0.3) is 0 Å². The van der Waals surface area contributed by atoms with E-state index < -0.39 is 11.4 Å². The lowest BCUT2D eigenvalue weighted by molar-refractivity contribution is 0.0312. The van der Waals surface area contributed by atoms with E-state index in [2.05, 4.69) is 6.58 Å². The third-order valence-electron chi connectivity index (χ3n) is 3.69. The van der Waals surface area contributed by atoms with Crippen LogP contribution in [0.5, 0.6) is 11.5 Å². The maximum Gasteiger partial charge on any atom is 0.199 e. The molecule has 1 N–H and O–H groups in total. The van der Waals surface area contributed by atoms with Crippen molar-refractivity contribution >= 4 is 5.78 Å². The number of benzene rings is 2. The Morgan fingerprint density at radius 1 is 1.13 bits per heavy atom. The lowest BCUT2D eigenvalue weighted by Crippen LogP contribution is -2.35. The Balaban J connectivity index is 2.50. The standard InChI is InChI=1S/C19H20O4/c1-4-11-19(21,15-8-6-10-17(13-15)23-3)18(20)14-7-5-9-16(12-14)22-2/h4-10,12-13,21H,1,11H2,2-3H3. The first-order valence-corrected chi connectivity index (χ1v) is 7.22. The van der Waals surface area contributed by atoms with Gasteiger partial charge in [0.1, 0.15) is 11.5 Å². The molecule has 1 unspecified atom stereocenters. The molecular weight excluding hydrogens is 292 g/mol. The second-order valence-corrected chi connectivity index (χ2v) is 5.15. The zero-order valence-electron chi connectivity index (χ0n) is 13.3. The summed E-state index contributed by atoms with van der Waals surface area (Å²) in [6, 6.07) is 13.6. The Morgan fingerprint density at radius 3 is 2.35 bits per heavy atom. The van der Waals surface area contributed by atoms with Crippen LogP contribution < -0.4 is 9.47 Å². The van der Waals surface area contributed by atoms with Crippen LogP contribution in [-0.4, -0.2) is 25.1 Å². The number of methoxy groups -OCH3 is 2. The molecule has 0 aliphatic heterocycles. The highest BCUT2D eigenvalue weighted by atomic mass is 16.5. The third-order valence-corrected chi connectivity index (χ3v) is 3.69. The fraction of sp³-hybridized carbons (Fsp3) is 0.211. The molecule has 0 fully saturated rings. The van der Waals surface area contributed by atoms with Crippen LogP contribution in [0, 0.1) is 0 Å². The molecule has 0 aliphatic carbocycles. The van der Waals surface area contributed by atoms with Crippen LogP contribution in [0.4, 0.5) is 0 Å². The molecule has 1 atom stereocenters. The van der Waals surface area contributed by atoms with Gasteiger partial charge in [-0.15, -0.1) is 6.58 Å². The number of ether oxygens (including phenoxy) is 2. The van der Waals surface area contributed by atoms with Crippen molar-refractivity contribution in [3.63, 3.8) is 0 Å². The van der Waals surface area contributed by atoms with Crippen LogP contribution in [-0.2, 0) is 5.60 Å². The number of carbonyl (C=O) groups excluding carboxylic acids is 1. The quantitative estimate of drug-likeness (QED) is 0.629. The van der Waals surface area contributed by atoms with Crippen molar-refractivity contribution in [3.8, 4) is 11.5 Å². The molecule has 0 spiro atoms. The van der Waals surface area contributed by atoms with Gasteiger partial charge in [0.15, 0.2) is 11.4 Å². The first kappa shape index (κ1) is 16.8. The topological polar surface area (TPSA) is 55.8 Å². The molecule has 4 nitrogen and oxygen atoms in total. The lowest BCUT2D eigenvalue weighted by Gasteiger charge is -2.26. The van der Waals surface area contributed by atoms with Gasteiger partial charge in [-0.3, -0.25) is 4.79 Å². The van der Waals surface area contributed by atoms with Crippen molar-refractivity contribution < 1.29 is 19.4 Å². The van der Waals surface area contributed by atoms with Gasteiger partial charge in [0.05, 0.1) is 14.2 Å². The van der Waals surface area contributed by atoms with Gasteiger partial charge in [0, 0.05) is 12.0 Å². The molecule has 120 valence electrons. The van der Waals surface area contributed by atoms with Crippen molar-refractivity contribution in [2.24, 2.45) is 0 Å². The highest BCUT2D eigenvalue weighted by molar-refractivity contribution is 6.03. The van der Waals surface area contributed by atoms with Crippen molar-refractivity contribution in [2.45, 2.75) is 12.0 Å². The zero-order valence-corrected chi connectivity index (χ0v) is 13.3. The summed E-state index contributed by atoms with van der Waals surface area (Å²) in [4.78, 5) is 12.9. The van der Waals surface area contributed by atoms with E-state index in [1.165, 1.54) is 20.3 Å². The number of carbonyl (C=O) groups is 1. The van der Waals surface area contributed by atoms with Crippen molar-refractivity contribution in [2.75, 3.05) is 14.2 Å². The van der Waals surface area contributed by atoms with Gasteiger partial charge in [-0.2, -0.15) is 0 Å². The fourth-order valence-electron chi connectivity index (χ4n) is 2.43. The minimum atomic E-state index is -1.71. The molecule has 0 radical (unpaired) electrons. The maximum atomic E-state index is 12.9. The molecule has 0 saturated carbocycles. The molecule has 2 rings (SSSR count). The van der Waals surface area contributed by atoms with Gasteiger partial charge in [-0.25, -0.2) is 0 Å². The highest BCUT2D eigenvalue weighted by Gasteiger charge is 2.37. The molecule has 4 heteroatoms. The molecule has 0 bridgehead atoms. The van der Waals surface area contributed by atoms with E-state index in [9.17, 15) is 9.90 Å². The normalized spacial score (nSPS) is 13.0. The first-order chi connectivity index (χ1) is 11.0. The predicted octanol–water partition coefficient (Wildman–Crippen LogP) is 3.35. The number of hydrogen-bond donors (Lipinski definition) is 1. The van der Waals surface area contributed by atoms with Crippen LogP contribution in [0.3, 0.4) is 0 Å². The van der Waals surface area contributed by atoms with Crippen LogP contribution in [0.25, 0.3) is 0 Å². The first-order valence-electron chi connectivity index (χ1n) is 7.22. The Kier molecular flexibility index (Phi) is 5.19. The minimum absolute atomic E-state index is 0.0935. The second-order valence-electron chi connectivity index (χ2n) is 5.15. The number of ketones is 1. The third kappa shape index (κ3) is 3.43. The summed E-state index contributed by atoms with van der Waals surface area (Å²) in [5, 5.41) is 11.1. The Labute approximate surface area is 136 Å². The van der Waals surface area contributed by atoms with Crippen molar-refractivity contribution in [1.82, 2.24) is 0 Å². The summed E-state index contributed by atoms with van der Waals surface area (Å²) in [5.74, 6) is 0.718. The number of hydrogen-bond acceptors (Lipinski definition) is 4. The van der Waals surface area contributed by atoms with Gasteiger partial charge in [-0.1, -0.05) is 30.3 Å². The summed E-state index contributed by atoms with van der Waals surface area (Å²) in [6.07, 6.45) is 1.62. The molecule has 0 amide bonds. The summed E-state index contributed by atoms with van der Waals surface area (Å²) >= 11 is 0. The maximum absolute atomic E-state index is 12.9. The molecule has 0 saturated heterocycles. The largest absolute Gasteiger partial charge is 0.497 e. The summed E-state index contributed by atoms with van der Waals surface area (Å²) in [7, 11) is 3.07. The van der Waals surface area contributed by atoms with E-state index >= 15 is 0 Å². The van der Waals surface area contributed by atoms with Crippen LogP contribution in [0.15, 0.2) is 61.2 Å². The monoisotopic (exact) mass is 312 g/mol. The van der Waals surface area contributed by atoms with Crippen LogP contribution in [0.1, 0.15) is 22.3 Å². The van der Waals surface area contributed by atoms with E-state index in [4.69, 9.17) is 9.47 Å². The summed E-state index contributed by atoms with van der Waals surface area (Å²) in [6.45, 7) is 3.66. The molecule has 0 heterocycles. The molecule has 2 aromatic rings. The average Bonchev–Trinajstić information content (AvgIpc) is 2.61. The highest BCUT2D eigenvalue weighted by Crippen LogP contribution is 2.32. The van der Waals surface area contributed by atoms with Gasteiger partial charge in [-0.05, 0) is 29.8 Å². The zero-order chi connectivity index (χ0) is 16.9. The lowest BCUT2D eigenvalue weighted by atomic mass is 9.83. The van der Waals surface area contributed by atoms with Crippen LogP contribution >= 0.6 is 0 Å². The number of aliphatic hydroxyl groups is 1. The van der Waals surface area contributed by atoms with E-state index in [1.54, 1.807) is 48.5 Å². The number of Topliss-reactive ketones (excluding diaryl/α,β-unsaturated/α-hetero) is 1. The van der Waals surface area contributed by atoms with E-state index in [1.807, 2.05) is 0 Å². The van der Waals surface area contributed by atoms with Gasteiger partial charge < -0.3 is 14.6 Å². The summed E-state index contributed by atoms with van der Waals surface area (Å²) < 4.78 is 10.3. The van der Waals surface area contributed by atoms with Gasteiger partial charge >= 0.3 is 0 Å². The van der Waals surface area contributed by atoms with E-state index in [-0.39, 0.29) is 6.42 Å². The smallest absolute Gasteiger partial charge is 0.199 e. The number of rotatable bonds is 7. The van der Waals surface area contributed by atoms with Crippen molar-refractivity contribution in [3.05, 3.63) is 72.3 Å². The second kappa shape index (κ2) is 7.11. The van der Waals surface area contributed by atoms with E-state index in [0.29, 0.717) is 22.6 Å². The Morgan fingerprint density at radius 2 is 1.74 bits per heavy atom. The Bertz CT molecular complexity index is 708. The van der Waals surface area contributed by atoms with Crippen LogP contribution in [0.2, 0.25) is 0 Å². The predicted molar refractivity (Wildman–Crippen MR) is 89.0 cm³/mol.